The van der Waals surface area contributed by atoms with Gasteiger partial charge in [-0.2, -0.15) is 0 Å². The molecule has 2 aromatic carbocycles. The molecule has 0 N–H and O–H groups in total. The van der Waals surface area contributed by atoms with Gasteiger partial charge in [0.1, 0.15) is 0 Å². The van der Waals surface area contributed by atoms with Gasteiger partial charge in [-0.1, -0.05) is 80.1 Å². The Hall–Kier alpha value is -3.04. The smallest absolute Gasteiger partial charge is 0.167 e. The lowest BCUT2D eigenvalue weighted by Crippen LogP contribution is -2.49. The summed E-state index contributed by atoms with van der Waals surface area (Å²) in [7, 11) is 0. The van der Waals surface area contributed by atoms with Crippen LogP contribution in [0.25, 0.3) is 6.08 Å². The number of hydrogen-bond donors (Lipinski definition) is 0. The number of aryl methyl sites for hydroxylation is 1. The molecule has 1 unspecified atom stereocenters. The van der Waals surface area contributed by atoms with Crippen LogP contribution < -0.4 is 0 Å². The zero-order valence-electron chi connectivity index (χ0n) is 17.9. The fourth-order valence-electron chi connectivity index (χ4n) is 4.25. The third-order valence-corrected chi connectivity index (χ3v) is 5.75. The highest BCUT2D eigenvalue weighted by molar-refractivity contribution is 6.05. The number of Topliss-reactive ketones (excluding diaryl/α,β-unsaturated/α-hetero) is 1. The average Bonchev–Trinajstić information content (AvgIpc) is 2.75. The van der Waals surface area contributed by atoms with Crippen LogP contribution in [-0.2, 0) is 11.3 Å². The van der Waals surface area contributed by atoms with Gasteiger partial charge in [0.25, 0.3) is 0 Å². The Bertz CT molecular complexity index is 1040. The summed E-state index contributed by atoms with van der Waals surface area (Å²) in [6, 6.07) is 24.7. The number of likely N-dealkylation sites (tertiary alicyclic amines) is 1. The van der Waals surface area contributed by atoms with Crippen LogP contribution in [0.3, 0.4) is 0 Å². The van der Waals surface area contributed by atoms with Crippen molar-refractivity contribution in [1.82, 2.24) is 9.88 Å². The standard InChI is InChI=1S/C27H28N2O/c1-20-12-14-21(15-13-20)18-29-19-27(2,3)26(30)24(17-23-11-7-8-16-28-23)25(29)22-9-5-4-6-10-22/h4-17,25H,18-19H2,1-3H3. The quantitative estimate of drug-likeness (QED) is 0.536. The number of rotatable bonds is 4. The Labute approximate surface area is 179 Å². The first-order valence-corrected chi connectivity index (χ1v) is 10.5. The van der Waals surface area contributed by atoms with E-state index in [1.807, 2.05) is 56.3 Å². The molecule has 1 aliphatic heterocycles. The normalized spacial score (nSPS) is 20.4. The highest BCUT2D eigenvalue weighted by atomic mass is 16.1. The van der Waals surface area contributed by atoms with Crippen LogP contribution >= 0.6 is 0 Å². The number of nitrogens with zero attached hydrogens (tertiary/aromatic N) is 2. The van der Waals surface area contributed by atoms with Gasteiger partial charge < -0.3 is 0 Å². The Morgan fingerprint density at radius 1 is 1.00 bits per heavy atom. The second-order valence-electron chi connectivity index (χ2n) is 8.77. The van der Waals surface area contributed by atoms with E-state index < -0.39 is 5.41 Å². The monoisotopic (exact) mass is 396 g/mol. The van der Waals surface area contributed by atoms with E-state index in [0.29, 0.717) is 6.54 Å². The zero-order valence-corrected chi connectivity index (χ0v) is 17.9. The summed E-state index contributed by atoms with van der Waals surface area (Å²) in [5, 5.41) is 0. The Morgan fingerprint density at radius 2 is 1.70 bits per heavy atom. The maximum Gasteiger partial charge on any atom is 0.167 e. The van der Waals surface area contributed by atoms with E-state index in [0.717, 1.165) is 23.4 Å². The molecule has 3 nitrogen and oxygen atoms in total. The summed E-state index contributed by atoms with van der Waals surface area (Å²) < 4.78 is 0. The molecule has 0 aliphatic carbocycles. The summed E-state index contributed by atoms with van der Waals surface area (Å²) in [6.07, 6.45) is 3.75. The van der Waals surface area contributed by atoms with Crippen LogP contribution in [0.15, 0.2) is 84.6 Å². The molecule has 3 aromatic rings. The van der Waals surface area contributed by atoms with Crippen molar-refractivity contribution in [1.29, 1.82) is 0 Å². The van der Waals surface area contributed by atoms with Crippen LogP contribution in [0.5, 0.6) is 0 Å². The number of pyridine rings is 1. The number of piperidine rings is 1. The van der Waals surface area contributed by atoms with Crippen LogP contribution in [-0.4, -0.2) is 22.2 Å². The highest BCUT2D eigenvalue weighted by Gasteiger charge is 2.43. The van der Waals surface area contributed by atoms with Gasteiger partial charge in [-0.15, -0.1) is 0 Å². The molecule has 0 amide bonds. The zero-order chi connectivity index (χ0) is 21.1. The van der Waals surface area contributed by atoms with E-state index in [9.17, 15) is 4.79 Å². The molecule has 1 saturated heterocycles. The number of carbonyl (C=O) groups is 1. The van der Waals surface area contributed by atoms with Crippen molar-refractivity contribution in [3.8, 4) is 0 Å². The Morgan fingerprint density at radius 3 is 2.37 bits per heavy atom. The molecular weight excluding hydrogens is 368 g/mol. The van der Waals surface area contributed by atoms with E-state index in [4.69, 9.17) is 0 Å². The minimum absolute atomic E-state index is 0.102. The van der Waals surface area contributed by atoms with Crippen molar-refractivity contribution >= 4 is 11.9 Å². The van der Waals surface area contributed by atoms with Gasteiger partial charge in [0.2, 0.25) is 0 Å². The van der Waals surface area contributed by atoms with Gasteiger partial charge in [-0.3, -0.25) is 14.7 Å². The Kier molecular flexibility index (Phi) is 5.65. The maximum atomic E-state index is 13.6. The molecule has 0 bridgehead atoms. The van der Waals surface area contributed by atoms with Crippen LogP contribution in [0, 0.1) is 12.3 Å². The molecule has 0 saturated carbocycles. The number of benzene rings is 2. The van der Waals surface area contributed by atoms with Crippen molar-refractivity contribution in [2.45, 2.75) is 33.4 Å². The van der Waals surface area contributed by atoms with E-state index >= 15 is 0 Å². The van der Waals surface area contributed by atoms with Gasteiger partial charge in [0, 0.05) is 30.3 Å². The summed E-state index contributed by atoms with van der Waals surface area (Å²) in [6.45, 7) is 7.69. The van der Waals surface area contributed by atoms with Gasteiger partial charge in [-0.25, -0.2) is 0 Å². The summed E-state index contributed by atoms with van der Waals surface area (Å²) in [5.74, 6) is 0.196. The van der Waals surface area contributed by atoms with Gasteiger partial charge >= 0.3 is 0 Å². The largest absolute Gasteiger partial charge is 0.294 e. The van der Waals surface area contributed by atoms with Gasteiger partial charge in [0.05, 0.1) is 11.7 Å². The topological polar surface area (TPSA) is 33.2 Å². The molecule has 0 radical (unpaired) electrons. The highest BCUT2D eigenvalue weighted by Crippen LogP contribution is 2.42. The van der Waals surface area contributed by atoms with E-state index in [1.165, 1.54) is 11.1 Å². The van der Waals surface area contributed by atoms with Crippen LogP contribution in [0.4, 0.5) is 0 Å². The molecule has 152 valence electrons. The molecule has 4 rings (SSSR count). The second-order valence-corrected chi connectivity index (χ2v) is 8.77. The van der Waals surface area contributed by atoms with Crippen molar-refractivity contribution in [2.75, 3.05) is 6.54 Å². The number of ketones is 1. The van der Waals surface area contributed by atoms with Crippen LogP contribution in [0.2, 0.25) is 0 Å². The van der Waals surface area contributed by atoms with Crippen molar-refractivity contribution in [3.63, 3.8) is 0 Å². The summed E-state index contributed by atoms with van der Waals surface area (Å²) >= 11 is 0. The average molecular weight is 397 g/mol. The first-order valence-electron chi connectivity index (χ1n) is 10.5. The van der Waals surface area contributed by atoms with Gasteiger partial charge in [-0.05, 0) is 36.3 Å². The van der Waals surface area contributed by atoms with Crippen molar-refractivity contribution < 1.29 is 4.79 Å². The second kappa shape index (κ2) is 8.37. The molecule has 3 heteroatoms. The molecular formula is C27H28N2O. The fourth-order valence-corrected chi connectivity index (χ4v) is 4.25. The van der Waals surface area contributed by atoms with E-state index in [1.54, 1.807) is 6.20 Å². The van der Waals surface area contributed by atoms with Gasteiger partial charge in [0.15, 0.2) is 5.78 Å². The lowest BCUT2D eigenvalue weighted by molar-refractivity contribution is -0.128. The lowest BCUT2D eigenvalue weighted by atomic mass is 9.74. The molecule has 1 aliphatic rings. The van der Waals surface area contributed by atoms with Crippen molar-refractivity contribution in [2.24, 2.45) is 5.41 Å². The first-order chi connectivity index (χ1) is 14.4. The molecule has 0 spiro atoms. The third kappa shape index (κ3) is 4.27. The first kappa shape index (κ1) is 20.2. The molecule has 2 heterocycles. The molecule has 1 fully saturated rings. The van der Waals surface area contributed by atoms with Crippen molar-refractivity contribution in [3.05, 3.63) is 107 Å². The summed E-state index contributed by atoms with van der Waals surface area (Å²) in [4.78, 5) is 20.4. The minimum Gasteiger partial charge on any atom is -0.294 e. The van der Waals surface area contributed by atoms with Crippen LogP contribution in [0.1, 0.15) is 42.3 Å². The Balaban J connectivity index is 1.81. The van der Waals surface area contributed by atoms with E-state index in [-0.39, 0.29) is 11.8 Å². The SMILES string of the molecule is Cc1ccc(CN2CC(C)(C)C(=O)C(=Cc3ccccn3)C2c2ccccc2)cc1. The summed E-state index contributed by atoms with van der Waals surface area (Å²) in [5.41, 5.74) is 4.80. The number of hydrogen-bond acceptors (Lipinski definition) is 3. The minimum atomic E-state index is -0.462. The van der Waals surface area contributed by atoms with E-state index in [2.05, 4.69) is 53.2 Å². The predicted molar refractivity (Wildman–Crippen MR) is 122 cm³/mol. The lowest BCUT2D eigenvalue weighted by Gasteiger charge is -2.44. The number of aromatic nitrogens is 1. The molecule has 1 aromatic heterocycles. The predicted octanol–water partition coefficient (Wildman–Crippen LogP) is 5.63. The molecule has 30 heavy (non-hydrogen) atoms. The fraction of sp³-hybridized carbons (Fsp3) is 0.259. The molecule has 1 atom stereocenters. The number of carbonyl (C=O) groups excluding carboxylic acids is 1. The third-order valence-electron chi connectivity index (χ3n) is 5.75. The maximum absolute atomic E-state index is 13.6.